The molecule has 2 N–H and O–H groups in total. The van der Waals surface area contributed by atoms with Crippen molar-refractivity contribution >= 4 is 39.5 Å². The Morgan fingerprint density at radius 1 is 1.10 bits per heavy atom. The summed E-state index contributed by atoms with van der Waals surface area (Å²) in [7, 11) is -3.74. The average Bonchev–Trinajstić information content (AvgIpc) is 3.40. The molecule has 2 aliphatic rings. The summed E-state index contributed by atoms with van der Waals surface area (Å²) in [4.78, 5) is 35.9. The fraction of sp³-hybridized carbons (Fsp3) is 0.526. The summed E-state index contributed by atoms with van der Waals surface area (Å²) in [6.07, 6.45) is 5.36. The topological polar surface area (TPSA) is 122 Å². The van der Waals surface area contributed by atoms with Crippen LogP contribution in [-0.4, -0.2) is 56.4 Å². The fourth-order valence-corrected chi connectivity index (χ4v) is 5.30. The smallest absolute Gasteiger partial charge is 0.340 e. The maximum Gasteiger partial charge on any atom is 0.340 e. The van der Waals surface area contributed by atoms with Gasteiger partial charge in [-0.25, -0.2) is 18.0 Å². The van der Waals surface area contributed by atoms with E-state index in [1.165, 1.54) is 16.4 Å². The number of ether oxygens (including phenoxy) is 1. The van der Waals surface area contributed by atoms with Crippen LogP contribution in [0.5, 0.6) is 0 Å². The largest absolute Gasteiger partial charge is 0.452 e. The normalized spacial score (nSPS) is 17.6. The first-order valence-corrected chi connectivity index (χ1v) is 11.7. The molecule has 1 saturated heterocycles. The summed E-state index contributed by atoms with van der Waals surface area (Å²) in [5, 5.41) is 4.78. The molecule has 1 aromatic rings. The molecule has 0 spiro atoms. The van der Waals surface area contributed by atoms with E-state index < -0.39 is 34.5 Å². The second-order valence-corrected chi connectivity index (χ2v) is 9.68. The van der Waals surface area contributed by atoms with Crippen LogP contribution in [0.25, 0.3) is 0 Å². The number of nitrogens with one attached hydrogen (secondary N) is 2. The number of hydrogen-bond donors (Lipinski definition) is 2. The summed E-state index contributed by atoms with van der Waals surface area (Å²) in [6, 6.07) is 3.17. The molecule has 0 aromatic heterocycles. The lowest BCUT2D eigenvalue weighted by molar-refractivity contribution is -0.123. The van der Waals surface area contributed by atoms with Crippen LogP contribution in [0, 0.1) is 0 Å². The Morgan fingerprint density at radius 3 is 2.43 bits per heavy atom. The van der Waals surface area contributed by atoms with Crippen LogP contribution in [0.2, 0.25) is 5.02 Å². The number of carbonyl (C=O) groups excluding carboxylic acids is 3. The van der Waals surface area contributed by atoms with Gasteiger partial charge in [0, 0.05) is 19.1 Å². The van der Waals surface area contributed by atoms with Crippen LogP contribution in [0.4, 0.5) is 4.79 Å². The molecule has 3 amide bonds. The van der Waals surface area contributed by atoms with Gasteiger partial charge < -0.3 is 10.1 Å². The molecule has 1 aliphatic heterocycles. The third kappa shape index (κ3) is 5.50. The fourth-order valence-electron chi connectivity index (χ4n) is 3.56. The van der Waals surface area contributed by atoms with Gasteiger partial charge >= 0.3 is 12.0 Å². The van der Waals surface area contributed by atoms with Crippen molar-refractivity contribution in [3.05, 3.63) is 28.8 Å². The van der Waals surface area contributed by atoms with Gasteiger partial charge in [-0.05, 0) is 43.9 Å². The molecule has 1 aliphatic carbocycles. The van der Waals surface area contributed by atoms with Crippen LogP contribution in [-0.2, 0) is 19.6 Å². The van der Waals surface area contributed by atoms with Gasteiger partial charge in [-0.1, -0.05) is 24.4 Å². The zero-order valence-electron chi connectivity index (χ0n) is 16.4. The highest BCUT2D eigenvalue weighted by molar-refractivity contribution is 7.89. The Balaban J connectivity index is 1.58. The highest BCUT2D eigenvalue weighted by atomic mass is 35.5. The molecule has 0 bridgehead atoms. The lowest BCUT2D eigenvalue weighted by atomic mass is 10.2. The molecule has 0 atom stereocenters. The van der Waals surface area contributed by atoms with Gasteiger partial charge in [-0.3, -0.25) is 10.1 Å². The lowest BCUT2D eigenvalue weighted by Crippen LogP contribution is -2.45. The number of nitrogens with zero attached hydrogens (tertiary/aromatic N) is 1. The molecule has 30 heavy (non-hydrogen) atoms. The predicted molar refractivity (Wildman–Crippen MR) is 109 cm³/mol. The molecule has 164 valence electrons. The molecule has 3 rings (SSSR count). The van der Waals surface area contributed by atoms with Gasteiger partial charge in [0.1, 0.15) is 0 Å². The zero-order chi connectivity index (χ0) is 21.7. The molecule has 1 aromatic carbocycles. The lowest BCUT2D eigenvalue weighted by Gasteiger charge is -2.16. The van der Waals surface area contributed by atoms with Crippen molar-refractivity contribution in [3.8, 4) is 0 Å². The number of carbonyl (C=O) groups is 3. The first kappa shape index (κ1) is 22.5. The third-order valence-corrected chi connectivity index (χ3v) is 7.36. The Labute approximate surface area is 180 Å². The Hall–Kier alpha value is -2.17. The molecule has 1 heterocycles. The Kier molecular flexibility index (Phi) is 7.32. The van der Waals surface area contributed by atoms with Gasteiger partial charge in [-0.15, -0.1) is 0 Å². The van der Waals surface area contributed by atoms with E-state index in [9.17, 15) is 22.8 Å². The highest BCUT2D eigenvalue weighted by Gasteiger charge is 2.28. The molecule has 0 unspecified atom stereocenters. The van der Waals surface area contributed by atoms with Crippen molar-refractivity contribution in [3.63, 3.8) is 0 Å². The molecular formula is C19H24ClN3O6S. The molecule has 9 nitrogen and oxygen atoms in total. The van der Waals surface area contributed by atoms with Crippen LogP contribution < -0.4 is 10.6 Å². The summed E-state index contributed by atoms with van der Waals surface area (Å²) in [6.45, 7) is 0.151. The number of sulfonamides is 1. The van der Waals surface area contributed by atoms with E-state index in [2.05, 4.69) is 10.6 Å². The summed E-state index contributed by atoms with van der Waals surface area (Å²) in [5.74, 6) is -1.75. The number of hydrogen-bond acceptors (Lipinski definition) is 6. The van der Waals surface area contributed by atoms with E-state index in [0.29, 0.717) is 13.1 Å². The van der Waals surface area contributed by atoms with Crippen molar-refractivity contribution in [2.75, 3.05) is 19.7 Å². The minimum Gasteiger partial charge on any atom is -0.452 e. The number of urea groups is 1. The number of esters is 1. The quantitative estimate of drug-likeness (QED) is 0.630. The summed E-state index contributed by atoms with van der Waals surface area (Å²) in [5.41, 5.74) is -0.167. The van der Waals surface area contributed by atoms with Crippen LogP contribution in [0.15, 0.2) is 23.1 Å². The first-order chi connectivity index (χ1) is 14.3. The van der Waals surface area contributed by atoms with E-state index in [1.54, 1.807) is 0 Å². The number of amides is 3. The maximum atomic E-state index is 12.7. The van der Waals surface area contributed by atoms with Gasteiger partial charge in [0.05, 0.1) is 15.5 Å². The van der Waals surface area contributed by atoms with Gasteiger partial charge in [0.25, 0.3) is 5.91 Å². The number of rotatable bonds is 6. The summed E-state index contributed by atoms with van der Waals surface area (Å²) < 4.78 is 31.6. The number of halogens is 1. The van der Waals surface area contributed by atoms with Gasteiger partial charge in [0.15, 0.2) is 6.61 Å². The standard InChI is InChI=1S/C19H24ClN3O6S/c20-16-8-7-14(30(27,28)23-9-3-4-10-23)11-15(16)18(25)29-12-17(24)22-19(26)21-13-5-1-2-6-13/h7-8,11,13H,1-6,9-10,12H2,(H2,21,22,24,26). The van der Waals surface area contributed by atoms with Crippen LogP contribution >= 0.6 is 11.6 Å². The second kappa shape index (κ2) is 9.76. The average molecular weight is 458 g/mol. The van der Waals surface area contributed by atoms with E-state index in [0.717, 1.165) is 44.6 Å². The summed E-state index contributed by atoms with van der Waals surface area (Å²) >= 11 is 6.02. The maximum absolute atomic E-state index is 12.7. The molecule has 1 saturated carbocycles. The van der Waals surface area contributed by atoms with E-state index >= 15 is 0 Å². The van der Waals surface area contributed by atoms with Gasteiger partial charge in [0.2, 0.25) is 10.0 Å². The minimum atomic E-state index is -3.74. The Bertz CT molecular complexity index is 924. The number of benzene rings is 1. The van der Waals surface area contributed by atoms with Crippen molar-refractivity contribution < 1.29 is 27.5 Å². The first-order valence-electron chi connectivity index (χ1n) is 9.84. The van der Waals surface area contributed by atoms with Crippen molar-refractivity contribution in [2.45, 2.75) is 49.5 Å². The molecule has 11 heteroatoms. The minimum absolute atomic E-state index is 0.000225. The van der Waals surface area contributed by atoms with Crippen molar-refractivity contribution in [1.29, 1.82) is 0 Å². The van der Waals surface area contributed by atoms with E-state index in [1.807, 2.05) is 0 Å². The van der Waals surface area contributed by atoms with Crippen molar-refractivity contribution in [1.82, 2.24) is 14.9 Å². The van der Waals surface area contributed by atoms with Crippen molar-refractivity contribution in [2.24, 2.45) is 0 Å². The molecule has 0 radical (unpaired) electrons. The zero-order valence-corrected chi connectivity index (χ0v) is 17.9. The second-order valence-electron chi connectivity index (χ2n) is 7.33. The van der Waals surface area contributed by atoms with Crippen LogP contribution in [0.1, 0.15) is 48.9 Å². The van der Waals surface area contributed by atoms with E-state index in [4.69, 9.17) is 16.3 Å². The molecule has 2 fully saturated rings. The number of imide groups is 1. The Morgan fingerprint density at radius 2 is 1.77 bits per heavy atom. The van der Waals surface area contributed by atoms with Gasteiger partial charge in [-0.2, -0.15) is 4.31 Å². The van der Waals surface area contributed by atoms with E-state index in [-0.39, 0.29) is 21.5 Å². The SMILES string of the molecule is O=C(COC(=O)c1cc(S(=O)(=O)N2CCCC2)ccc1Cl)NC(=O)NC1CCCC1. The monoisotopic (exact) mass is 457 g/mol. The van der Waals surface area contributed by atoms with Crippen LogP contribution in [0.3, 0.4) is 0 Å². The highest BCUT2D eigenvalue weighted by Crippen LogP contribution is 2.25. The molecular weight excluding hydrogens is 434 g/mol. The third-order valence-electron chi connectivity index (χ3n) is 5.14. The predicted octanol–water partition coefficient (Wildman–Crippen LogP) is 2.05.